The zero-order chi connectivity index (χ0) is 15.6. The summed E-state index contributed by atoms with van der Waals surface area (Å²) in [5.41, 5.74) is 3.93. The Hall–Kier alpha value is -1.44. The van der Waals surface area contributed by atoms with Gasteiger partial charge in [0.05, 0.1) is 5.56 Å². The summed E-state index contributed by atoms with van der Waals surface area (Å²) >= 11 is 0. The SMILES string of the molecule is CCN(CC(F)(F)F)c1ccc(CN)c(C(F)(F)F)c1. The van der Waals surface area contributed by atoms with E-state index in [1.807, 2.05) is 0 Å². The lowest BCUT2D eigenvalue weighted by atomic mass is 10.1. The fourth-order valence-electron chi connectivity index (χ4n) is 1.81. The third-order valence-corrected chi connectivity index (χ3v) is 2.74. The van der Waals surface area contributed by atoms with Crippen molar-refractivity contribution in [2.75, 3.05) is 18.0 Å². The van der Waals surface area contributed by atoms with Gasteiger partial charge >= 0.3 is 12.4 Å². The molecule has 8 heteroatoms. The largest absolute Gasteiger partial charge is 0.416 e. The molecular weight excluding hydrogens is 286 g/mol. The van der Waals surface area contributed by atoms with Crippen molar-refractivity contribution < 1.29 is 26.3 Å². The van der Waals surface area contributed by atoms with Crippen molar-refractivity contribution in [3.8, 4) is 0 Å². The van der Waals surface area contributed by atoms with Crippen LogP contribution in [0.1, 0.15) is 18.1 Å². The summed E-state index contributed by atoms with van der Waals surface area (Å²) in [6.07, 6.45) is -9.14. The van der Waals surface area contributed by atoms with Gasteiger partial charge in [-0.25, -0.2) is 0 Å². The van der Waals surface area contributed by atoms with Gasteiger partial charge in [-0.3, -0.25) is 0 Å². The lowest BCUT2D eigenvalue weighted by molar-refractivity contribution is -0.138. The summed E-state index contributed by atoms with van der Waals surface area (Å²) in [7, 11) is 0. The van der Waals surface area contributed by atoms with E-state index in [1.54, 1.807) is 0 Å². The molecule has 0 amide bonds. The number of halogens is 6. The maximum atomic E-state index is 12.8. The molecule has 114 valence electrons. The number of alkyl halides is 6. The molecule has 0 aliphatic carbocycles. The van der Waals surface area contributed by atoms with E-state index in [-0.39, 0.29) is 24.3 Å². The van der Waals surface area contributed by atoms with Crippen LogP contribution in [-0.4, -0.2) is 19.3 Å². The van der Waals surface area contributed by atoms with E-state index in [0.29, 0.717) is 6.07 Å². The van der Waals surface area contributed by atoms with E-state index < -0.39 is 24.5 Å². The molecule has 1 aromatic carbocycles. The van der Waals surface area contributed by atoms with Crippen LogP contribution in [0.4, 0.5) is 32.0 Å². The fraction of sp³-hybridized carbons (Fsp3) is 0.500. The van der Waals surface area contributed by atoms with Gasteiger partial charge in [0.15, 0.2) is 0 Å². The Morgan fingerprint density at radius 3 is 2.10 bits per heavy atom. The Balaban J connectivity index is 3.19. The highest BCUT2D eigenvalue weighted by Crippen LogP contribution is 2.35. The minimum atomic E-state index is -4.65. The summed E-state index contributed by atoms with van der Waals surface area (Å²) in [6, 6.07) is 3.03. The van der Waals surface area contributed by atoms with Crippen LogP contribution in [0.5, 0.6) is 0 Å². The Kier molecular flexibility index (Phi) is 4.90. The van der Waals surface area contributed by atoms with Crippen LogP contribution in [0, 0.1) is 0 Å². The molecule has 0 fully saturated rings. The van der Waals surface area contributed by atoms with Gasteiger partial charge in [-0.15, -0.1) is 0 Å². The van der Waals surface area contributed by atoms with E-state index >= 15 is 0 Å². The molecule has 0 atom stereocenters. The highest BCUT2D eigenvalue weighted by atomic mass is 19.4. The van der Waals surface area contributed by atoms with Gasteiger partial charge in [-0.2, -0.15) is 26.3 Å². The van der Waals surface area contributed by atoms with Gasteiger partial charge in [0, 0.05) is 18.8 Å². The number of anilines is 1. The number of rotatable bonds is 4. The number of hydrogen-bond donors (Lipinski definition) is 1. The fourth-order valence-corrected chi connectivity index (χ4v) is 1.81. The zero-order valence-corrected chi connectivity index (χ0v) is 10.6. The minimum absolute atomic E-state index is 0.0568. The van der Waals surface area contributed by atoms with Crippen molar-refractivity contribution in [1.82, 2.24) is 0 Å². The predicted octanol–water partition coefficient (Wildman–Crippen LogP) is 3.55. The van der Waals surface area contributed by atoms with Crippen LogP contribution in [0.15, 0.2) is 18.2 Å². The second kappa shape index (κ2) is 5.90. The van der Waals surface area contributed by atoms with Crippen LogP contribution in [0.2, 0.25) is 0 Å². The van der Waals surface area contributed by atoms with Crippen LogP contribution < -0.4 is 10.6 Å². The van der Waals surface area contributed by atoms with Crippen molar-refractivity contribution >= 4 is 5.69 Å². The lowest BCUT2D eigenvalue weighted by Gasteiger charge is -2.25. The first kappa shape index (κ1) is 16.6. The van der Waals surface area contributed by atoms with Crippen molar-refractivity contribution in [2.45, 2.75) is 25.8 Å². The molecule has 0 spiro atoms. The first-order valence-corrected chi connectivity index (χ1v) is 5.80. The molecule has 2 N–H and O–H groups in total. The number of nitrogens with zero attached hydrogens (tertiary/aromatic N) is 1. The third-order valence-electron chi connectivity index (χ3n) is 2.74. The molecule has 0 radical (unpaired) electrons. The van der Waals surface area contributed by atoms with E-state index in [4.69, 9.17) is 5.73 Å². The van der Waals surface area contributed by atoms with Crippen molar-refractivity contribution in [3.05, 3.63) is 29.3 Å². The maximum absolute atomic E-state index is 12.8. The quantitative estimate of drug-likeness (QED) is 0.862. The molecule has 2 nitrogen and oxygen atoms in total. The molecule has 0 bridgehead atoms. The Morgan fingerprint density at radius 2 is 1.70 bits per heavy atom. The average molecular weight is 300 g/mol. The molecule has 0 heterocycles. The molecule has 0 aliphatic rings. The molecular formula is C12H14F6N2. The van der Waals surface area contributed by atoms with Gasteiger partial charge in [-0.05, 0) is 24.6 Å². The number of benzene rings is 1. The lowest BCUT2D eigenvalue weighted by Crippen LogP contribution is -2.34. The summed E-state index contributed by atoms with van der Waals surface area (Å²) in [6.45, 7) is -0.252. The smallest absolute Gasteiger partial charge is 0.363 e. The molecule has 1 rings (SSSR count). The van der Waals surface area contributed by atoms with Crippen molar-refractivity contribution in [1.29, 1.82) is 0 Å². The molecule has 0 aromatic heterocycles. The minimum Gasteiger partial charge on any atom is -0.363 e. The first-order valence-electron chi connectivity index (χ1n) is 5.80. The molecule has 0 saturated carbocycles. The van der Waals surface area contributed by atoms with Gasteiger partial charge in [0.25, 0.3) is 0 Å². The van der Waals surface area contributed by atoms with E-state index in [0.717, 1.165) is 11.0 Å². The Bertz CT molecular complexity index is 452. The average Bonchev–Trinajstić information content (AvgIpc) is 2.33. The first-order chi connectivity index (χ1) is 9.08. The molecule has 20 heavy (non-hydrogen) atoms. The van der Waals surface area contributed by atoms with Gasteiger partial charge < -0.3 is 10.6 Å². The summed E-state index contributed by atoms with van der Waals surface area (Å²) in [5.74, 6) is 0. The van der Waals surface area contributed by atoms with Crippen LogP contribution in [0.25, 0.3) is 0 Å². The number of nitrogens with two attached hydrogens (primary N) is 1. The predicted molar refractivity (Wildman–Crippen MR) is 63.3 cm³/mol. The number of hydrogen-bond acceptors (Lipinski definition) is 2. The van der Waals surface area contributed by atoms with E-state index in [2.05, 4.69) is 0 Å². The van der Waals surface area contributed by atoms with Crippen LogP contribution in [0.3, 0.4) is 0 Å². The molecule has 0 saturated heterocycles. The summed E-state index contributed by atoms with van der Waals surface area (Å²) in [5, 5.41) is 0. The molecule has 0 aliphatic heterocycles. The van der Waals surface area contributed by atoms with E-state index in [9.17, 15) is 26.3 Å². The Morgan fingerprint density at radius 1 is 1.10 bits per heavy atom. The van der Waals surface area contributed by atoms with Crippen LogP contribution >= 0.6 is 0 Å². The second-order valence-corrected chi connectivity index (χ2v) is 4.17. The zero-order valence-electron chi connectivity index (χ0n) is 10.6. The summed E-state index contributed by atoms with van der Waals surface area (Å²) in [4.78, 5) is 0.829. The third kappa shape index (κ3) is 4.29. The van der Waals surface area contributed by atoms with Crippen molar-refractivity contribution in [3.63, 3.8) is 0 Å². The van der Waals surface area contributed by atoms with E-state index in [1.165, 1.54) is 13.0 Å². The van der Waals surface area contributed by atoms with Crippen LogP contribution in [-0.2, 0) is 12.7 Å². The second-order valence-electron chi connectivity index (χ2n) is 4.17. The maximum Gasteiger partial charge on any atom is 0.416 e. The molecule has 1 aromatic rings. The van der Waals surface area contributed by atoms with Gasteiger partial charge in [-0.1, -0.05) is 6.07 Å². The molecule has 0 unspecified atom stereocenters. The van der Waals surface area contributed by atoms with Gasteiger partial charge in [0.2, 0.25) is 0 Å². The normalized spacial score (nSPS) is 12.6. The summed E-state index contributed by atoms with van der Waals surface area (Å²) < 4.78 is 75.6. The highest BCUT2D eigenvalue weighted by Gasteiger charge is 2.35. The van der Waals surface area contributed by atoms with Crippen molar-refractivity contribution in [2.24, 2.45) is 5.73 Å². The Labute approximate surface area is 112 Å². The monoisotopic (exact) mass is 300 g/mol. The standard InChI is InChI=1S/C12H14F6N2/c1-2-20(7-11(13,14)15)9-4-3-8(6-19)10(5-9)12(16,17)18/h3-5H,2,6-7,19H2,1H3. The van der Waals surface area contributed by atoms with Gasteiger partial charge in [0.1, 0.15) is 6.54 Å². The highest BCUT2D eigenvalue weighted by molar-refractivity contribution is 5.52. The topological polar surface area (TPSA) is 29.3 Å².